The molecule has 34 heavy (non-hydrogen) atoms. The quantitative estimate of drug-likeness (QED) is 0.491. The van der Waals surface area contributed by atoms with Crippen LogP contribution in [0.15, 0.2) is 36.5 Å². The number of anilines is 1. The van der Waals surface area contributed by atoms with Gasteiger partial charge >= 0.3 is 0 Å². The van der Waals surface area contributed by atoms with Gasteiger partial charge in [-0.2, -0.15) is 0 Å². The minimum atomic E-state index is -0.373. The number of hydrogen-bond donors (Lipinski definition) is 4. The fraction of sp³-hybridized carbons (Fsp3) is 0.519. The van der Waals surface area contributed by atoms with Crippen LogP contribution < -0.4 is 11.1 Å². The van der Waals surface area contributed by atoms with Gasteiger partial charge in [0.1, 0.15) is 17.3 Å². The number of phenolic OH excluding ortho intramolecular Hbond substituents is 2. The average Bonchev–Trinajstić information content (AvgIpc) is 2.74. The highest BCUT2D eigenvalue weighted by Gasteiger charge is 2.58. The number of benzene rings is 1. The van der Waals surface area contributed by atoms with Gasteiger partial charge < -0.3 is 21.3 Å². The molecule has 1 aromatic heterocycles. The molecule has 2 aromatic rings. The van der Waals surface area contributed by atoms with E-state index in [0.717, 1.165) is 25.7 Å². The van der Waals surface area contributed by atoms with Crippen LogP contribution in [0, 0.1) is 28.6 Å². The van der Waals surface area contributed by atoms with Crippen LogP contribution in [-0.2, 0) is 0 Å². The summed E-state index contributed by atoms with van der Waals surface area (Å²) in [5.41, 5.74) is 6.14. The molecular weight excluding hydrogens is 430 g/mol. The number of phenols is 2. The predicted molar refractivity (Wildman–Crippen MR) is 131 cm³/mol. The maximum absolute atomic E-state index is 14.0. The molecule has 0 spiro atoms. The standard InChI is InChI=1S/C27H35N3O4/c1-15-20(30-25(34)16-6-7-22(28)29-14-16)13-21-26(2,3)8-5-9-27(21,4)23(15)24(33)17-10-18(31)12-19(32)11-17/h6-7,10-12,14-15,20-21,23,31-32H,5,8-9,13H2,1-4H3,(H2,28,29)(H,30,34)/t15-,20-,21+,23-,27+/m1/s1. The van der Waals surface area contributed by atoms with Gasteiger partial charge in [0.2, 0.25) is 0 Å². The summed E-state index contributed by atoms with van der Waals surface area (Å²) in [6.07, 6.45) is 5.28. The molecule has 2 aliphatic rings. The number of aromatic nitrogens is 1. The Balaban J connectivity index is 1.72. The lowest BCUT2D eigenvalue weighted by molar-refractivity contribution is -0.0902. The zero-order valence-electron chi connectivity index (χ0n) is 20.3. The largest absolute Gasteiger partial charge is 0.508 e. The molecule has 1 amide bonds. The Morgan fingerprint density at radius 3 is 2.35 bits per heavy atom. The topological polar surface area (TPSA) is 126 Å². The van der Waals surface area contributed by atoms with Gasteiger partial charge in [0.15, 0.2) is 5.78 Å². The number of nitrogens with one attached hydrogen (secondary N) is 1. The minimum absolute atomic E-state index is 0.0123. The van der Waals surface area contributed by atoms with E-state index < -0.39 is 0 Å². The summed E-state index contributed by atoms with van der Waals surface area (Å²) in [6, 6.07) is 7.10. The number of nitrogens with two attached hydrogens (primary N) is 1. The van der Waals surface area contributed by atoms with Crippen LogP contribution in [0.25, 0.3) is 0 Å². The summed E-state index contributed by atoms with van der Waals surface area (Å²) in [5.74, 6) is -0.558. The summed E-state index contributed by atoms with van der Waals surface area (Å²) >= 11 is 0. The lowest BCUT2D eigenvalue weighted by Crippen LogP contribution is -2.60. The third-order valence-electron chi connectivity index (χ3n) is 8.47. The zero-order chi connectivity index (χ0) is 24.8. The van der Waals surface area contributed by atoms with E-state index in [2.05, 4.69) is 31.1 Å². The van der Waals surface area contributed by atoms with Crippen molar-refractivity contribution in [2.75, 3.05) is 5.73 Å². The molecule has 1 heterocycles. The molecule has 182 valence electrons. The van der Waals surface area contributed by atoms with Crippen LogP contribution in [0.3, 0.4) is 0 Å². The Bertz CT molecular complexity index is 1080. The van der Waals surface area contributed by atoms with Crippen LogP contribution in [0.1, 0.15) is 74.1 Å². The van der Waals surface area contributed by atoms with Gasteiger partial charge in [-0.1, -0.05) is 34.1 Å². The molecule has 5 atom stereocenters. The summed E-state index contributed by atoms with van der Waals surface area (Å²) in [4.78, 5) is 31.1. The molecule has 0 unspecified atom stereocenters. The van der Waals surface area contributed by atoms with Crippen molar-refractivity contribution in [3.8, 4) is 11.5 Å². The molecule has 0 saturated heterocycles. The molecule has 2 saturated carbocycles. The fourth-order valence-corrected chi connectivity index (χ4v) is 6.86. The minimum Gasteiger partial charge on any atom is -0.508 e. The molecule has 0 bridgehead atoms. The first kappa shape index (κ1) is 24.0. The Morgan fingerprint density at radius 2 is 1.74 bits per heavy atom. The molecule has 4 rings (SSSR count). The summed E-state index contributed by atoms with van der Waals surface area (Å²) in [7, 11) is 0. The number of amides is 1. The van der Waals surface area contributed by atoms with Crippen LogP contribution in [0.5, 0.6) is 11.5 Å². The van der Waals surface area contributed by atoms with Crippen molar-refractivity contribution in [3.05, 3.63) is 47.7 Å². The monoisotopic (exact) mass is 465 g/mol. The van der Waals surface area contributed by atoms with Gasteiger partial charge in [-0.3, -0.25) is 9.59 Å². The Labute approximate surface area is 200 Å². The Morgan fingerprint density at radius 1 is 1.06 bits per heavy atom. The lowest BCUT2D eigenvalue weighted by atomic mass is 9.45. The third kappa shape index (κ3) is 4.24. The van der Waals surface area contributed by atoms with E-state index in [1.807, 2.05) is 6.92 Å². The number of aromatic hydroxyl groups is 2. The van der Waals surface area contributed by atoms with Gasteiger partial charge in [0, 0.05) is 29.8 Å². The normalized spacial score (nSPS) is 30.2. The van der Waals surface area contributed by atoms with Crippen molar-refractivity contribution in [3.63, 3.8) is 0 Å². The average molecular weight is 466 g/mol. The van der Waals surface area contributed by atoms with E-state index in [9.17, 15) is 19.8 Å². The zero-order valence-corrected chi connectivity index (χ0v) is 20.3. The predicted octanol–water partition coefficient (Wildman–Crippen LogP) is 4.54. The van der Waals surface area contributed by atoms with Crippen molar-refractivity contribution in [1.29, 1.82) is 0 Å². The number of ketones is 1. The van der Waals surface area contributed by atoms with Crippen molar-refractivity contribution in [2.45, 2.75) is 59.4 Å². The van der Waals surface area contributed by atoms with Crippen molar-refractivity contribution >= 4 is 17.5 Å². The van der Waals surface area contributed by atoms with Crippen molar-refractivity contribution < 1.29 is 19.8 Å². The molecule has 1 aromatic carbocycles. The fourth-order valence-electron chi connectivity index (χ4n) is 6.86. The maximum Gasteiger partial charge on any atom is 0.253 e. The van der Waals surface area contributed by atoms with E-state index in [-0.39, 0.29) is 57.8 Å². The molecule has 5 N–H and O–H groups in total. The van der Waals surface area contributed by atoms with E-state index in [1.54, 1.807) is 12.1 Å². The number of carbonyl (C=O) groups is 2. The second-order valence-electron chi connectivity index (χ2n) is 11.1. The molecule has 0 radical (unpaired) electrons. The van der Waals surface area contributed by atoms with Gasteiger partial charge in [0.25, 0.3) is 5.91 Å². The van der Waals surface area contributed by atoms with E-state index in [0.29, 0.717) is 16.9 Å². The summed E-state index contributed by atoms with van der Waals surface area (Å²) < 4.78 is 0. The highest BCUT2D eigenvalue weighted by molar-refractivity contribution is 5.99. The molecule has 2 aliphatic carbocycles. The van der Waals surface area contributed by atoms with Gasteiger partial charge in [-0.05, 0) is 66.2 Å². The van der Waals surface area contributed by atoms with E-state index in [4.69, 9.17) is 5.73 Å². The number of nitrogens with zero attached hydrogens (tertiary/aromatic N) is 1. The van der Waals surface area contributed by atoms with Gasteiger partial charge in [0.05, 0.1) is 5.56 Å². The number of rotatable bonds is 4. The highest BCUT2D eigenvalue weighted by Crippen LogP contribution is 2.61. The van der Waals surface area contributed by atoms with E-state index in [1.165, 1.54) is 24.4 Å². The second-order valence-corrected chi connectivity index (χ2v) is 11.1. The Hall–Kier alpha value is -3.09. The first-order chi connectivity index (χ1) is 15.9. The number of carbonyl (C=O) groups excluding carboxylic acids is 2. The summed E-state index contributed by atoms with van der Waals surface area (Å²) in [5, 5.41) is 23.2. The molecular formula is C27H35N3O4. The second kappa shape index (κ2) is 8.60. The maximum atomic E-state index is 14.0. The number of hydrogen-bond acceptors (Lipinski definition) is 6. The smallest absolute Gasteiger partial charge is 0.253 e. The number of nitrogen functional groups attached to an aromatic ring is 1. The number of Topliss-reactive ketones (excluding diaryl/α,β-unsaturated/α-hetero) is 1. The van der Waals surface area contributed by atoms with E-state index >= 15 is 0 Å². The SMILES string of the molecule is C[C@@H]1[C@H](NC(=O)c2ccc(N)nc2)C[C@H]2C(C)(C)CCC[C@]2(C)[C@H]1C(=O)c1cc(O)cc(O)c1. The van der Waals surface area contributed by atoms with Crippen LogP contribution in [0.2, 0.25) is 0 Å². The van der Waals surface area contributed by atoms with Gasteiger partial charge in [-0.15, -0.1) is 0 Å². The molecule has 0 aliphatic heterocycles. The van der Waals surface area contributed by atoms with Crippen LogP contribution >= 0.6 is 0 Å². The first-order valence-electron chi connectivity index (χ1n) is 12.0. The van der Waals surface area contributed by atoms with Crippen molar-refractivity contribution in [1.82, 2.24) is 10.3 Å². The first-order valence-corrected chi connectivity index (χ1v) is 12.0. The summed E-state index contributed by atoms with van der Waals surface area (Å²) in [6.45, 7) is 8.76. The third-order valence-corrected chi connectivity index (χ3v) is 8.47. The van der Waals surface area contributed by atoms with Crippen molar-refractivity contribution in [2.24, 2.45) is 28.6 Å². The highest BCUT2D eigenvalue weighted by atomic mass is 16.3. The molecule has 2 fully saturated rings. The van der Waals surface area contributed by atoms with Crippen LogP contribution in [-0.4, -0.2) is 32.9 Å². The Kier molecular flexibility index (Phi) is 6.08. The number of fused-ring (bicyclic) bond motifs is 1. The molecule has 7 heteroatoms. The number of pyridine rings is 1. The molecule has 7 nitrogen and oxygen atoms in total. The van der Waals surface area contributed by atoms with Crippen LogP contribution in [0.4, 0.5) is 5.82 Å². The lowest BCUT2D eigenvalue weighted by Gasteiger charge is -2.60. The van der Waals surface area contributed by atoms with Gasteiger partial charge in [-0.25, -0.2) is 4.98 Å².